The zero-order valence-corrected chi connectivity index (χ0v) is 17.2. The third-order valence-electron chi connectivity index (χ3n) is 4.74. The molecular weight excluding hydrogens is 370 g/mol. The van der Waals surface area contributed by atoms with Crippen molar-refractivity contribution >= 4 is 17.6 Å². The second-order valence-electron chi connectivity index (χ2n) is 6.98. The summed E-state index contributed by atoms with van der Waals surface area (Å²) in [4.78, 5) is 25.4. The fourth-order valence-electron chi connectivity index (χ4n) is 3.61. The highest BCUT2D eigenvalue weighted by molar-refractivity contribution is 6.07. The molecular formula is C22H25N3O4. The Kier molecular flexibility index (Phi) is 5.77. The zero-order chi connectivity index (χ0) is 21.1. The molecule has 3 N–H and O–H groups in total. The van der Waals surface area contributed by atoms with Gasteiger partial charge in [0, 0.05) is 16.9 Å². The van der Waals surface area contributed by atoms with Gasteiger partial charge in [0.25, 0.3) is 5.91 Å². The van der Waals surface area contributed by atoms with Crippen molar-refractivity contribution in [3.05, 3.63) is 64.4 Å². The minimum atomic E-state index is -0.695. The lowest BCUT2D eigenvalue weighted by Gasteiger charge is -2.30. The topological polar surface area (TPSA) is 88.7 Å². The fraction of sp³-hybridized carbons (Fsp3) is 0.273. The Labute approximate surface area is 170 Å². The first-order valence-corrected chi connectivity index (χ1v) is 9.23. The molecule has 0 unspecified atom stereocenters. The molecule has 2 aromatic rings. The Bertz CT molecular complexity index is 977. The van der Waals surface area contributed by atoms with E-state index in [-0.39, 0.29) is 11.9 Å². The van der Waals surface area contributed by atoms with Crippen LogP contribution in [-0.4, -0.2) is 26.2 Å². The van der Waals surface area contributed by atoms with E-state index in [9.17, 15) is 9.59 Å². The minimum absolute atomic E-state index is 0.310. The first-order valence-electron chi connectivity index (χ1n) is 9.23. The van der Waals surface area contributed by atoms with E-state index in [0.717, 1.165) is 11.1 Å². The normalized spacial score (nSPS) is 16.0. The lowest BCUT2D eigenvalue weighted by atomic mass is 9.93. The average Bonchev–Trinajstić information content (AvgIpc) is 2.65. The van der Waals surface area contributed by atoms with Crippen molar-refractivity contribution in [1.82, 2.24) is 10.6 Å². The number of methoxy groups -OCH3 is 2. The van der Waals surface area contributed by atoms with Crippen LogP contribution in [0.1, 0.15) is 29.7 Å². The number of hydrogen-bond acceptors (Lipinski definition) is 4. The molecule has 0 bridgehead atoms. The molecule has 1 aliphatic heterocycles. The molecule has 0 aliphatic carbocycles. The van der Waals surface area contributed by atoms with Crippen molar-refractivity contribution in [1.29, 1.82) is 0 Å². The van der Waals surface area contributed by atoms with Crippen molar-refractivity contribution in [2.45, 2.75) is 26.8 Å². The van der Waals surface area contributed by atoms with Crippen LogP contribution in [0.5, 0.6) is 11.5 Å². The first kappa shape index (κ1) is 20.3. The quantitative estimate of drug-likeness (QED) is 0.722. The van der Waals surface area contributed by atoms with Crippen LogP contribution >= 0.6 is 0 Å². The number of benzene rings is 2. The third kappa shape index (κ3) is 4.18. The Morgan fingerprint density at radius 3 is 2.34 bits per heavy atom. The molecule has 0 fully saturated rings. The average molecular weight is 395 g/mol. The molecule has 0 saturated heterocycles. The third-order valence-corrected chi connectivity index (χ3v) is 4.74. The molecule has 0 aromatic heterocycles. The van der Waals surface area contributed by atoms with E-state index in [1.165, 1.54) is 14.2 Å². The molecule has 7 heteroatoms. The minimum Gasteiger partial charge on any atom is -0.493 e. The number of ether oxygens (including phenoxy) is 2. The highest BCUT2D eigenvalue weighted by Gasteiger charge is 2.33. The van der Waals surface area contributed by atoms with Gasteiger partial charge in [-0.25, -0.2) is 4.79 Å². The number of para-hydroxylation sites is 1. The summed E-state index contributed by atoms with van der Waals surface area (Å²) >= 11 is 0. The number of amides is 3. The lowest BCUT2D eigenvalue weighted by molar-refractivity contribution is -0.113. The molecule has 0 radical (unpaired) electrons. The predicted molar refractivity (Wildman–Crippen MR) is 111 cm³/mol. The number of allylic oxidation sites excluding steroid dienone is 1. The maximum Gasteiger partial charge on any atom is 0.319 e. The summed E-state index contributed by atoms with van der Waals surface area (Å²) in [6.45, 7) is 5.65. The smallest absolute Gasteiger partial charge is 0.319 e. The van der Waals surface area contributed by atoms with Crippen LogP contribution in [-0.2, 0) is 4.79 Å². The molecule has 29 heavy (non-hydrogen) atoms. The molecule has 7 nitrogen and oxygen atoms in total. The molecule has 3 amide bonds. The van der Waals surface area contributed by atoms with Crippen molar-refractivity contribution < 1.29 is 19.1 Å². The number of aryl methyl sites for hydroxylation is 2. The highest BCUT2D eigenvalue weighted by Crippen LogP contribution is 2.39. The molecule has 0 spiro atoms. The maximum absolute atomic E-state index is 13.2. The van der Waals surface area contributed by atoms with E-state index in [1.807, 2.05) is 32.0 Å². The SMILES string of the molecule is COc1cccc([C@@H]2NC(=O)NC(C)=C2C(=O)Nc2cc(C)cc(C)c2)c1OC. The van der Waals surface area contributed by atoms with Gasteiger partial charge in [0.15, 0.2) is 11.5 Å². The summed E-state index contributed by atoms with van der Waals surface area (Å²) in [6.07, 6.45) is 0. The van der Waals surface area contributed by atoms with E-state index in [2.05, 4.69) is 16.0 Å². The predicted octanol–water partition coefficient (Wildman–Crippen LogP) is 3.59. The van der Waals surface area contributed by atoms with E-state index in [4.69, 9.17) is 9.47 Å². The largest absolute Gasteiger partial charge is 0.493 e. The van der Waals surface area contributed by atoms with E-state index in [1.54, 1.807) is 25.1 Å². The van der Waals surface area contributed by atoms with E-state index in [0.29, 0.717) is 34.0 Å². The number of anilines is 1. The summed E-state index contributed by atoms with van der Waals surface area (Å²) < 4.78 is 10.9. The van der Waals surface area contributed by atoms with Crippen LogP contribution in [0, 0.1) is 13.8 Å². The second kappa shape index (κ2) is 8.26. The van der Waals surface area contributed by atoms with Gasteiger partial charge in [0.2, 0.25) is 0 Å². The van der Waals surface area contributed by atoms with Crippen LogP contribution in [0.2, 0.25) is 0 Å². The summed E-state index contributed by atoms with van der Waals surface area (Å²) in [7, 11) is 3.06. The number of nitrogens with one attached hydrogen (secondary N) is 3. The molecule has 1 aliphatic rings. The Morgan fingerprint density at radius 2 is 1.72 bits per heavy atom. The van der Waals surface area contributed by atoms with Gasteiger partial charge in [0.05, 0.1) is 25.8 Å². The molecule has 0 saturated carbocycles. The molecule has 3 rings (SSSR count). The Hall–Kier alpha value is -3.48. The summed E-state index contributed by atoms with van der Waals surface area (Å²) in [5, 5.41) is 8.45. The summed E-state index contributed by atoms with van der Waals surface area (Å²) in [5.41, 5.74) is 4.30. The van der Waals surface area contributed by atoms with Crippen molar-refractivity contribution in [3.63, 3.8) is 0 Å². The second-order valence-corrected chi connectivity index (χ2v) is 6.98. The maximum atomic E-state index is 13.2. The number of urea groups is 1. The van der Waals surface area contributed by atoms with E-state index < -0.39 is 6.04 Å². The van der Waals surface area contributed by atoms with Crippen LogP contribution in [0.3, 0.4) is 0 Å². The number of hydrogen-bond donors (Lipinski definition) is 3. The zero-order valence-electron chi connectivity index (χ0n) is 17.2. The molecule has 2 aromatic carbocycles. The molecule has 1 atom stereocenters. The van der Waals surface area contributed by atoms with Gasteiger partial charge in [-0.1, -0.05) is 18.2 Å². The monoisotopic (exact) mass is 395 g/mol. The number of rotatable bonds is 5. The van der Waals surface area contributed by atoms with Crippen molar-refractivity contribution in [2.75, 3.05) is 19.5 Å². The van der Waals surface area contributed by atoms with Gasteiger partial charge in [-0.05, 0) is 50.1 Å². The standard InChI is InChI=1S/C22H25N3O4/c1-12-9-13(2)11-15(10-12)24-21(26)18-14(3)23-22(27)25-19(18)16-7-6-8-17(28-4)20(16)29-5/h6-11,19H,1-5H3,(H,24,26)(H2,23,25,27)/t19-/m0/s1. The van der Waals surface area contributed by atoms with Gasteiger partial charge >= 0.3 is 6.03 Å². The Balaban J connectivity index is 2.04. The lowest BCUT2D eigenvalue weighted by Crippen LogP contribution is -2.46. The summed E-state index contributed by atoms with van der Waals surface area (Å²) in [5.74, 6) is 0.672. The van der Waals surface area contributed by atoms with Gasteiger partial charge < -0.3 is 25.4 Å². The fourth-order valence-corrected chi connectivity index (χ4v) is 3.61. The number of carbonyl (C=O) groups is 2. The Morgan fingerprint density at radius 1 is 1.03 bits per heavy atom. The van der Waals surface area contributed by atoms with Gasteiger partial charge in [-0.2, -0.15) is 0 Å². The van der Waals surface area contributed by atoms with Gasteiger partial charge in [-0.3, -0.25) is 4.79 Å². The molecule has 1 heterocycles. The first-order chi connectivity index (χ1) is 13.8. The van der Waals surface area contributed by atoms with Gasteiger partial charge in [-0.15, -0.1) is 0 Å². The summed E-state index contributed by atoms with van der Waals surface area (Å²) in [6, 6.07) is 10.1. The van der Waals surface area contributed by atoms with Gasteiger partial charge in [0.1, 0.15) is 0 Å². The van der Waals surface area contributed by atoms with Crippen molar-refractivity contribution in [3.8, 4) is 11.5 Å². The van der Waals surface area contributed by atoms with E-state index >= 15 is 0 Å². The van der Waals surface area contributed by atoms with Crippen molar-refractivity contribution in [2.24, 2.45) is 0 Å². The highest BCUT2D eigenvalue weighted by atomic mass is 16.5. The molecule has 152 valence electrons. The van der Waals surface area contributed by atoms with Crippen LogP contribution in [0.4, 0.5) is 10.5 Å². The van der Waals surface area contributed by atoms with Crippen LogP contribution in [0.15, 0.2) is 47.7 Å². The number of carbonyl (C=O) groups excluding carboxylic acids is 2. The van der Waals surface area contributed by atoms with Crippen LogP contribution in [0.25, 0.3) is 0 Å². The van der Waals surface area contributed by atoms with Crippen LogP contribution < -0.4 is 25.4 Å².